The summed E-state index contributed by atoms with van der Waals surface area (Å²) in [5.41, 5.74) is 0.774. The van der Waals surface area contributed by atoms with Crippen LogP contribution in [0.3, 0.4) is 0 Å². The first-order valence-corrected chi connectivity index (χ1v) is 9.95. The summed E-state index contributed by atoms with van der Waals surface area (Å²) >= 11 is 1.74. The smallest absolute Gasteiger partial charge is 0.251 e. The highest BCUT2D eigenvalue weighted by Crippen LogP contribution is 2.46. The lowest BCUT2D eigenvalue weighted by molar-refractivity contribution is -0.116. The first kappa shape index (κ1) is 16.5. The van der Waals surface area contributed by atoms with Crippen LogP contribution >= 0.6 is 11.3 Å². The Morgan fingerprint density at radius 2 is 1.96 bits per heavy atom. The molecule has 1 spiro atoms. The van der Waals surface area contributed by atoms with E-state index in [2.05, 4.69) is 16.8 Å². The molecule has 2 aliphatic rings. The fraction of sp³-hybridized carbons (Fsp3) is 0.450. The van der Waals surface area contributed by atoms with Gasteiger partial charge in [-0.05, 0) is 49.3 Å². The fourth-order valence-electron chi connectivity index (χ4n) is 3.57. The van der Waals surface area contributed by atoms with Crippen LogP contribution in [-0.4, -0.2) is 11.7 Å². The van der Waals surface area contributed by atoms with Crippen LogP contribution in [0.5, 0.6) is 11.5 Å². The van der Waals surface area contributed by atoms with Crippen LogP contribution in [0.2, 0.25) is 0 Å². The van der Waals surface area contributed by atoms with Crippen LogP contribution < -0.4 is 14.8 Å². The number of benzene rings is 1. The van der Waals surface area contributed by atoms with Crippen molar-refractivity contribution in [2.24, 2.45) is 0 Å². The van der Waals surface area contributed by atoms with Crippen molar-refractivity contribution >= 4 is 22.9 Å². The highest BCUT2D eigenvalue weighted by Gasteiger charge is 2.42. The van der Waals surface area contributed by atoms with Gasteiger partial charge in [0.2, 0.25) is 5.91 Å². The molecule has 1 aromatic heterocycles. The third kappa shape index (κ3) is 3.82. The van der Waals surface area contributed by atoms with Gasteiger partial charge >= 0.3 is 0 Å². The topological polar surface area (TPSA) is 47.6 Å². The Kier molecular flexibility index (Phi) is 4.66. The molecule has 0 bridgehead atoms. The number of carbonyl (C=O) groups is 1. The van der Waals surface area contributed by atoms with Crippen molar-refractivity contribution < 1.29 is 14.3 Å². The molecule has 0 saturated heterocycles. The van der Waals surface area contributed by atoms with Gasteiger partial charge in [0, 0.05) is 35.9 Å². The maximum atomic E-state index is 12.2. The molecule has 4 rings (SSSR count). The predicted molar refractivity (Wildman–Crippen MR) is 99.4 cm³/mol. The van der Waals surface area contributed by atoms with Crippen LogP contribution in [0.1, 0.15) is 49.8 Å². The molecule has 0 atom stereocenters. The number of hydrogen-bond acceptors (Lipinski definition) is 4. The third-order valence-electron chi connectivity index (χ3n) is 4.84. The van der Waals surface area contributed by atoms with Crippen molar-refractivity contribution in [3.63, 3.8) is 0 Å². The lowest BCUT2D eigenvalue weighted by Gasteiger charge is -2.31. The van der Waals surface area contributed by atoms with Crippen molar-refractivity contribution in [3.8, 4) is 11.5 Å². The Labute approximate surface area is 152 Å². The summed E-state index contributed by atoms with van der Waals surface area (Å²) in [4.78, 5) is 13.5. The quantitative estimate of drug-likeness (QED) is 0.806. The van der Waals surface area contributed by atoms with Gasteiger partial charge in [0.1, 0.15) is 0 Å². The van der Waals surface area contributed by atoms with Crippen LogP contribution in [0.15, 0.2) is 35.7 Å². The van der Waals surface area contributed by atoms with E-state index in [-0.39, 0.29) is 5.91 Å². The van der Waals surface area contributed by atoms with Gasteiger partial charge in [-0.3, -0.25) is 4.79 Å². The SMILES string of the molecule is O=C(CCCc1cccs1)Nc1ccc2c(c1)OC1(CCCCC1)O2. The van der Waals surface area contributed by atoms with Crippen LogP contribution in [-0.2, 0) is 11.2 Å². The second-order valence-electron chi connectivity index (χ2n) is 6.82. The summed E-state index contributed by atoms with van der Waals surface area (Å²) in [7, 11) is 0. The Morgan fingerprint density at radius 3 is 2.76 bits per heavy atom. The van der Waals surface area contributed by atoms with Crippen molar-refractivity contribution in [2.75, 3.05) is 5.32 Å². The molecule has 1 aliphatic carbocycles. The van der Waals surface area contributed by atoms with Gasteiger partial charge in [-0.2, -0.15) is 0 Å². The summed E-state index contributed by atoms with van der Waals surface area (Å²) in [5, 5.41) is 5.04. The van der Waals surface area contributed by atoms with Gasteiger partial charge in [0.25, 0.3) is 5.79 Å². The minimum Gasteiger partial charge on any atom is -0.448 e. The van der Waals surface area contributed by atoms with Gasteiger partial charge in [0.15, 0.2) is 11.5 Å². The van der Waals surface area contributed by atoms with Gasteiger partial charge in [-0.15, -0.1) is 11.3 Å². The Hall–Kier alpha value is -2.01. The summed E-state index contributed by atoms with van der Waals surface area (Å²) in [6, 6.07) is 9.84. The second-order valence-corrected chi connectivity index (χ2v) is 7.85. The molecule has 4 nitrogen and oxygen atoms in total. The van der Waals surface area contributed by atoms with E-state index in [1.807, 2.05) is 24.3 Å². The summed E-state index contributed by atoms with van der Waals surface area (Å²) in [6.45, 7) is 0. The van der Waals surface area contributed by atoms with Crippen LogP contribution in [0.4, 0.5) is 5.69 Å². The zero-order chi connectivity index (χ0) is 17.1. The molecule has 1 saturated carbocycles. The minimum absolute atomic E-state index is 0.0443. The molecule has 2 aromatic rings. The van der Waals surface area contributed by atoms with Crippen molar-refractivity contribution in [1.29, 1.82) is 0 Å². The molecule has 2 heterocycles. The van der Waals surface area contributed by atoms with Crippen LogP contribution in [0.25, 0.3) is 0 Å². The summed E-state index contributed by atoms with van der Waals surface area (Å²) in [6.07, 6.45) is 7.74. The molecule has 0 unspecified atom stereocenters. The molecule has 0 radical (unpaired) electrons. The molecule has 1 aromatic carbocycles. The lowest BCUT2D eigenvalue weighted by Crippen LogP contribution is -2.40. The zero-order valence-corrected chi connectivity index (χ0v) is 15.1. The van der Waals surface area contributed by atoms with Crippen LogP contribution in [0, 0.1) is 0 Å². The average Bonchev–Trinajstić information content (AvgIpc) is 3.22. The number of thiophene rings is 1. The van der Waals surface area contributed by atoms with E-state index >= 15 is 0 Å². The second kappa shape index (κ2) is 7.08. The lowest BCUT2D eigenvalue weighted by atomic mass is 9.94. The molecular weight excluding hydrogens is 334 g/mol. The molecule has 1 N–H and O–H groups in total. The van der Waals surface area contributed by atoms with E-state index in [1.54, 1.807) is 11.3 Å². The average molecular weight is 357 g/mol. The standard InChI is InChI=1S/C20H23NO3S/c22-19(8-4-6-16-7-5-13-25-16)21-15-9-10-17-18(14-15)24-20(23-17)11-2-1-3-12-20/h5,7,9-10,13-14H,1-4,6,8,11-12H2,(H,21,22). The van der Waals surface area contributed by atoms with Crippen molar-refractivity contribution in [3.05, 3.63) is 40.6 Å². The van der Waals surface area contributed by atoms with E-state index in [0.717, 1.165) is 55.7 Å². The number of amides is 1. The number of fused-ring (bicyclic) bond motifs is 1. The molecule has 1 aliphatic heterocycles. The molecule has 25 heavy (non-hydrogen) atoms. The molecule has 5 heteroatoms. The van der Waals surface area contributed by atoms with E-state index in [4.69, 9.17) is 9.47 Å². The van der Waals surface area contributed by atoms with Gasteiger partial charge in [0.05, 0.1) is 0 Å². The van der Waals surface area contributed by atoms with E-state index in [1.165, 1.54) is 11.3 Å². The summed E-state index contributed by atoms with van der Waals surface area (Å²) in [5.74, 6) is 1.11. The van der Waals surface area contributed by atoms with Gasteiger partial charge < -0.3 is 14.8 Å². The predicted octanol–water partition coefficient (Wildman–Crippen LogP) is 5.14. The first-order chi connectivity index (χ1) is 12.2. The zero-order valence-electron chi connectivity index (χ0n) is 14.3. The molecular formula is C20H23NO3S. The monoisotopic (exact) mass is 357 g/mol. The van der Waals surface area contributed by atoms with Crippen molar-refractivity contribution in [1.82, 2.24) is 0 Å². The van der Waals surface area contributed by atoms with E-state index in [9.17, 15) is 4.79 Å². The number of nitrogens with one attached hydrogen (secondary N) is 1. The van der Waals surface area contributed by atoms with Crippen molar-refractivity contribution in [2.45, 2.75) is 57.2 Å². The number of hydrogen-bond donors (Lipinski definition) is 1. The maximum Gasteiger partial charge on any atom is 0.251 e. The molecule has 1 amide bonds. The maximum absolute atomic E-state index is 12.2. The number of aryl methyl sites for hydroxylation is 1. The number of carbonyl (C=O) groups excluding carboxylic acids is 1. The molecule has 132 valence electrons. The Bertz CT molecular complexity index is 735. The highest BCUT2D eigenvalue weighted by molar-refractivity contribution is 7.09. The number of rotatable bonds is 5. The largest absolute Gasteiger partial charge is 0.448 e. The van der Waals surface area contributed by atoms with Gasteiger partial charge in [-0.1, -0.05) is 12.5 Å². The highest BCUT2D eigenvalue weighted by atomic mass is 32.1. The van der Waals surface area contributed by atoms with E-state index in [0.29, 0.717) is 6.42 Å². The first-order valence-electron chi connectivity index (χ1n) is 9.07. The Balaban J connectivity index is 1.32. The minimum atomic E-state index is -0.468. The fourth-order valence-corrected chi connectivity index (χ4v) is 4.32. The summed E-state index contributed by atoms with van der Waals surface area (Å²) < 4.78 is 12.2. The third-order valence-corrected chi connectivity index (χ3v) is 5.78. The Morgan fingerprint density at radius 1 is 1.12 bits per heavy atom. The normalized spacial score (nSPS) is 17.6. The van der Waals surface area contributed by atoms with E-state index < -0.39 is 5.79 Å². The van der Waals surface area contributed by atoms with Gasteiger partial charge in [-0.25, -0.2) is 0 Å². The number of ether oxygens (including phenoxy) is 2. The number of anilines is 1. The molecule has 1 fully saturated rings.